The molecule has 1 fully saturated rings. The number of fused-ring (bicyclic) bond motifs is 1. The molecule has 0 amide bonds. The summed E-state index contributed by atoms with van der Waals surface area (Å²) in [4.78, 5) is 10.2. The first-order valence-corrected chi connectivity index (χ1v) is 11.8. The molecular weight excluding hydrogens is 438 g/mol. The van der Waals surface area contributed by atoms with Crippen molar-refractivity contribution < 1.29 is 5.11 Å². The Morgan fingerprint density at radius 1 is 1.17 bits per heavy atom. The fourth-order valence-electron chi connectivity index (χ4n) is 4.77. The summed E-state index contributed by atoms with van der Waals surface area (Å²) in [7, 11) is 2.17. The quantitative estimate of drug-likeness (QED) is 0.151. The zero-order chi connectivity index (χ0) is 24.4. The van der Waals surface area contributed by atoms with Gasteiger partial charge in [0.05, 0.1) is 0 Å². The zero-order valence-corrected chi connectivity index (χ0v) is 19.7. The van der Waals surface area contributed by atoms with Crippen LogP contribution in [0.25, 0.3) is 16.3 Å². The number of aromatic amines is 1. The van der Waals surface area contributed by atoms with Crippen LogP contribution in [0.2, 0.25) is 0 Å². The molecule has 5 rings (SSSR count). The average Bonchev–Trinajstić information content (AvgIpc) is 3.28. The summed E-state index contributed by atoms with van der Waals surface area (Å²) in [5, 5.41) is 27.9. The number of hydrogen-bond acceptors (Lipinski definition) is 6. The van der Waals surface area contributed by atoms with Gasteiger partial charge in [-0.25, -0.2) is 4.98 Å². The summed E-state index contributed by atoms with van der Waals surface area (Å²) in [6, 6.07) is 15.0. The molecule has 0 radical (unpaired) electrons. The van der Waals surface area contributed by atoms with Gasteiger partial charge < -0.3 is 36.8 Å². The number of H-pyrrole nitrogens is 1. The van der Waals surface area contributed by atoms with E-state index in [0.29, 0.717) is 34.2 Å². The minimum atomic E-state index is -0.975. The summed E-state index contributed by atoms with van der Waals surface area (Å²) >= 11 is 0. The number of likely N-dealkylation sites (tertiary alicyclic amines) is 1. The first kappa shape index (κ1) is 22.9. The Bertz CT molecular complexity index is 1340. The molecular formula is C27H30N7O-. The molecule has 8 heteroatoms. The Balaban J connectivity index is 1.37. The number of anilines is 4. The highest BCUT2D eigenvalue weighted by Crippen LogP contribution is 2.35. The van der Waals surface area contributed by atoms with E-state index < -0.39 is 6.23 Å². The van der Waals surface area contributed by atoms with E-state index in [9.17, 15) is 10.5 Å². The van der Waals surface area contributed by atoms with E-state index in [2.05, 4.69) is 44.8 Å². The van der Waals surface area contributed by atoms with Crippen LogP contribution in [-0.2, 0) is 0 Å². The number of piperidine rings is 1. The van der Waals surface area contributed by atoms with Crippen molar-refractivity contribution >= 4 is 40.0 Å². The van der Waals surface area contributed by atoms with Crippen LogP contribution in [0, 0.1) is 0 Å². The lowest BCUT2D eigenvalue weighted by Gasteiger charge is -2.28. The lowest BCUT2D eigenvalue weighted by Crippen LogP contribution is -2.29. The number of benzene rings is 2. The van der Waals surface area contributed by atoms with E-state index in [0.717, 1.165) is 43.3 Å². The maximum atomic E-state index is 11.1. The molecule has 0 bridgehead atoms. The summed E-state index contributed by atoms with van der Waals surface area (Å²) in [6.07, 6.45) is 6.09. The van der Waals surface area contributed by atoms with Gasteiger partial charge in [0.15, 0.2) is 6.23 Å². The Morgan fingerprint density at radius 2 is 1.97 bits per heavy atom. The lowest BCUT2D eigenvalue weighted by molar-refractivity contribution is 0.208. The maximum absolute atomic E-state index is 11.1. The third kappa shape index (κ3) is 4.84. The topological polar surface area (TPSA) is 125 Å². The van der Waals surface area contributed by atoms with Gasteiger partial charge in [0.2, 0.25) is 0 Å². The number of nitrogen functional groups attached to an aromatic ring is 1. The van der Waals surface area contributed by atoms with E-state index in [1.165, 1.54) is 10.9 Å². The monoisotopic (exact) mass is 468 g/mol. The van der Waals surface area contributed by atoms with E-state index in [1.54, 1.807) is 30.5 Å². The molecule has 1 aliphatic heterocycles. The predicted molar refractivity (Wildman–Crippen MR) is 143 cm³/mol. The van der Waals surface area contributed by atoms with Crippen molar-refractivity contribution in [3.63, 3.8) is 0 Å². The molecule has 8 nitrogen and oxygen atoms in total. The van der Waals surface area contributed by atoms with Crippen molar-refractivity contribution in [3.05, 3.63) is 83.0 Å². The molecule has 4 aromatic rings. The number of nitrogens with two attached hydrogens (primary N) is 1. The number of aliphatic hydroxyl groups is 1. The van der Waals surface area contributed by atoms with Gasteiger partial charge in [-0.1, -0.05) is 6.07 Å². The van der Waals surface area contributed by atoms with Crippen molar-refractivity contribution in [2.24, 2.45) is 0 Å². The third-order valence-corrected chi connectivity index (χ3v) is 6.80. The number of hydrogen-bond donors (Lipinski definition) is 5. The number of nitrogens with zero attached hydrogens (tertiary/aromatic N) is 3. The maximum Gasteiger partial charge on any atom is 0.154 e. The number of nitrogens with one attached hydrogen (secondary N) is 3. The van der Waals surface area contributed by atoms with Crippen LogP contribution in [-0.4, -0.2) is 46.3 Å². The second kappa shape index (κ2) is 9.77. The molecule has 0 spiro atoms. The molecule has 1 atom stereocenters. The van der Waals surface area contributed by atoms with Crippen molar-refractivity contribution in [3.8, 4) is 0 Å². The number of pyridine rings is 1. The van der Waals surface area contributed by atoms with E-state index in [1.807, 2.05) is 18.2 Å². The van der Waals surface area contributed by atoms with Crippen molar-refractivity contribution in [2.45, 2.75) is 25.0 Å². The first-order chi connectivity index (χ1) is 17.0. The summed E-state index contributed by atoms with van der Waals surface area (Å²) in [5.74, 6) is 1.05. The summed E-state index contributed by atoms with van der Waals surface area (Å²) in [5.41, 5.74) is 11.5. The Labute approximate surface area is 204 Å². The minimum Gasteiger partial charge on any atom is -0.810 e. The Morgan fingerprint density at radius 3 is 2.74 bits per heavy atom. The van der Waals surface area contributed by atoms with Crippen LogP contribution in [0.3, 0.4) is 0 Å². The van der Waals surface area contributed by atoms with Gasteiger partial charge in [-0.15, -0.1) is 0 Å². The molecule has 0 aliphatic carbocycles. The molecule has 0 saturated carbocycles. The van der Waals surface area contributed by atoms with Gasteiger partial charge in [0.1, 0.15) is 5.82 Å². The highest BCUT2D eigenvalue weighted by Gasteiger charge is 2.21. The van der Waals surface area contributed by atoms with E-state index in [-0.39, 0.29) is 0 Å². The molecule has 3 heterocycles. The Kier molecular flexibility index (Phi) is 6.39. The predicted octanol–water partition coefficient (Wildman–Crippen LogP) is 4.79. The van der Waals surface area contributed by atoms with E-state index >= 15 is 0 Å². The van der Waals surface area contributed by atoms with Gasteiger partial charge in [-0.05, 0) is 92.5 Å². The Hall–Kier alpha value is -3.88. The molecule has 2 aromatic carbocycles. The van der Waals surface area contributed by atoms with Crippen LogP contribution in [0.15, 0.2) is 60.9 Å². The standard InChI is InChI=1S/C27H30N7O/c1-34-11-8-17(9-12-34)23-16-31-25-7-6-19(13-22(23)25)33-27(35)21-3-2-10-30-26(21)32-20-5-4-18(15-28)24(29)14-20/h2-7,10,13-17,27,31,33,35H,8-9,11-12,29H2,1H3,(H,30,32)/q-1. The van der Waals surface area contributed by atoms with Crippen molar-refractivity contribution in [1.82, 2.24) is 14.9 Å². The molecule has 2 aromatic heterocycles. The van der Waals surface area contributed by atoms with Gasteiger partial charge >= 0.3 is 0 Å². The molecule has 1 aliphatic rings. The molecule has 6 N–H and O–H groups in total. The highest BCUT2D eigenvalue weighted by molar-refractivity contribution is 5.90. The van der Waals surface area contributed by atoms with Crippen LogP contribution in [0.4, 0.5) is 22.9 Å². The third-order valence-electron chi connectivity index (χ3n) is 6.80. The number of aliphatic hydroxyl groups excluding tert-OH is 1. The lowest BCUT2D eigenvalue weighted by atomic mass is 9.89. The largest absolute Gasteiger partial charge is 0.810 e. The molecule has 180 valence electrons. The van der Waals surface area contributed by atoms with Gasteiger partial charge in [0, 0.05) is 45.9 Å². The first-order valence-electron chi connectivity index (χ1n) is 11.8. The molecule has 35 heavy (non-hydrogen) atoms. The number of rotatable bonds is 7. The fourth-order valence-corrected chi connectivity index (χ4v) is 4.77. The number of aromatic nitrogens is 2. The van der Waals surface area contributed by atoms with Gasteiger partial charge in [-0.3, -0.25) is 0 Å². The second-order valence-electron chi connectivity index (χ2n) is 9.17. The average molecular weight is 469 g/mol. The smallest absolute Gasteiger partial charge is 0.154 e. The van der Waals surface area contributed by atoms with Crippen LogP contribution < -0.4 is 16.4 Å². The summed E-state index contributed by atoms with van der Waals surface area (Å²) in [6.45, 7) is 2.22. The SMILES string of the molecule is CN1CCC(c2c[nH]c3ccc(NC(O)c4cccnc4Nc4ccc(C=[N-])c(N)c4)cc23)CC1. The van der Waals surface area contributed by atoms with E-state index in [4.69, 9.17) is 5.73 Å². The highest BCUT2D eigenvalue weighted by atomic mass is 16.3. The minimum absolute atomic E-state index is 0.439. The second-order valence-corrected chi connectivity index (χ2v) is 9.17. The van der Waals surface area contributed by atoms with Crippen molar-refractivity contribution in [1.29, 1.82) is 0 Å². The van der Waals surface area contributed by atoms with Crippen LogP contribution >= 0.6 is 0 Å². The van der Waals surface area contributed by atoms with Gasteiger partial charge in [0.25, 0.3) is 0 Å². The van der Waals surface area contributed by atoms with Crippen LogP contribution in [0.1, 0.15) is 41.7 Å². The molecule has 1 saturated heterocycles. The normalized spacial score (nSPS) is 15.7. The van der Waals surface area contributed by atoms with Crippen LogP contribution in [0.5, 0.6) is 0 Å². The van der Waals surface area contributed by atoms with Gasteiger partial charge in [-0.2, -0.15) is 6.21 Å². The van der Waals surface area contributed by atoms with Crippen molar-refractivity contribution in [2.75, 3.05) is 36.5 Å². The molecule has 1 unspecified atom stereocenters. The fraction of sp³-hybridized carbons (Fsp3) is 0.259. The summed E-state index contributed by atoms with van der Waals surface area (Å²) < 4.78 is 0. The zero-order valence-electron chi connectivity index (χ0n) is 19.7.